The van der Waals surface area contributed by atoms with Crippen LogP contribution in [0.5, 0.6) is 23.0 Å². The van der Waals surface area contributed by atoms with Crippen molar-refractivity contribution in [3.05, 3.63) is 199 Å². The molecule has 70 heavy (non-hydrogen) atoms. The summed E-state index contributed by atoms with van der Waals surface area (Å²) in [6.07, 6.45) is 5.53. The zero-order valence-electron chi connectivity index (χ0n) is 38.7. The third kappa shape index (κ3) is 13.0. The summed E-state index contributed by atoms with van der Waals surface area (Å²) in [6.45, 7) is 6.98. The number of benzene rings is 5. The molecule has 0 saturated heterocycles. The molecule has 2 atom stereocenters. The van der Waals surface area contributed by atoms with Gasteiger partial charge in [0.1, 0.15) is 67.6 Å². The number of carboxylic acid groups (broad SMARTS) is 1. The van der Waals surface area contributed by atoms with Crippen molar-refractivity contribution in [3.63, 3.8) is 0 Å². The Morgan fingerprint density at radius 2 is 1.13 bits per heavy atom. The van der Waals surface area contributed by atoms with E-state index in [0.29, 0.717) is 60.9 Å². The molecule has 0 aliphatic rings. The van der Waals surface area contributed by atoms with Crippen LogP contribution in [0.4, 0.5) is 0 Å². The summed E-state index contributed by atoms with van der Waals surface area (Å²) >= 11 is 13.6. The lowest BCUT2D eigenvalue weighted by molar-refractivity contribution is -0.143. The number of nitrogens with zero attached hydrogens (tertiary/aromatic N) is 4. The van der Waals surface area contributed by atoms with Crippen LogP contribution in [0.25, 0.3) is 11.1 Å². The summed E-state index contributed by atoms with van der Waals surface area (Å²) in [5.74, 6) is 0.633. The fraction of sp³-hybridized carbons (Fsp3) is 0.218. The van der Waals surface area contributed by atoms with Gasteiger partial charge in [-0.25, -0.2) is 0 Å². The third-order valence-corrected chi connectivity index (χ3v) is 12.2. The molecule has 0 fully saturated rings. The Bertz CT molecular complexity index is 3050. The Hall–Kier alpha value is -7.49. The van der Waals surface area contributed by atoms with Crippen LogP contribution in [0.1, 0.15) is 68.1 Å². The molecule has 0 aliphatic heterocycles. The minimum Gasteiger partial charge on any atom is -0.488 e. The first-order valence-electron chi connectivity index (χ1n) is 22.3. The van der Waals surface area contributed by atoms with E-state index in [1.807, 2.05) is 61.5 Å². The van der Waals surface area contributed by atoms with Crippen molar-refractivity contribution >= 4 is 29.2 Å². The van der Waals surface area contributed by atoms with E-state index in [0.717, 1.165) is 44.5 Å². The predicted octanol–water partition coefficient (Wildman–Crippen LogP) is 10.7. The minimum absolute atomic E-state index is 0.0711. The maximum Gasteiger partial charge on any atom is 0.323 e. The Kier molecular flexibility index (Phi) is 17.4. The topological polar surface area (TPSA) is 195 Å². The van der Waals surface area contributed by atoms with Crippen molar-refractivity contribution in [2.75, 3.05) is 0 Å². The summed E-state index contributed by atoms with van der Waals surface area (Å²) in [4.78, 5) is 20.7. The molecule has 0 spiro atoms. The van der Waals surface area contributed by atoms with Crippen molar-refractivity contribution in [2.24, 2.45) is 5.73 Å². The van der Waals surface area contributed by atoms with Gasteiger partial charge < -0.3 is 34.5 Å². The number of pyridine rings is 2. The van der Waals surface area contributed by atoms with Crippen LogP contribution in [0, 0.1) is 36.5 Å². The quantitative estimate of drug-likeness (QED) is 0.0581. The monoisotopic (exact) mass is 976 g/mol. The molecular weight excluding hydrogens is 928 g/mol. The molecular formula is C55H50Cl2N6O7. The predicted molar refractivity (Wildman–Crippen MR) is 266 cm³/mol. The number of aromatic nitrogens is 2. The molecule has 356 valence electrons. The van der Waals surface area contributed by atoms with Crippen LogP contribution < -0.4 is 30.0 Å². The van der Waals surface area contributed by atoms with E-state index in [-0.39, 0.29) is 46.1 Å². The second-order valence-electron chi connectivity index (χ2n) is 16.4. The van der Waals surface area contributed by atoms with Gasteiger partial charge in [-0.05, 0) is 84.0 Å². The fourth-order valence-corrected chi connectivity index (χ4v) is 8.14. The summed E-state index contributed by atoms with van der Waals surface area (Å²) in [6, 6.07) is 35.0. The maximum atomic E-state index is 12.5. The van der Waals surface area contributed by atoms with Gasteiger partial charge in [0.25, 0.3) is 0 Å². The number of carbonyl (C=O) groups is 1. The zero-order chi connectivity index (χ0) is 49.6. The lowest BCUT2D eigenvalue weighted by Crippen LogP contribution is -2.45. The molecule has 0 aliphatic carbocycles. The van der Waals surface area contributed by atoms with Crippen molar-refractivity contribution in [1.29, 1.82) is 10.5 Å². The molecule has 5 aromatic carbocycles. The molecule has 7 aromatic rings. The molecule has 2 heterocycles. The second kappa shape index (κ2) is 24.2. The number of rotatable bonds is 22. The van der Waals surface area contributed by atoms with Gasteiger partial charge in [0, 0.05) is 72.3 Å². The van der Waals surface area contributed by atoms with Gasteiger partial charge >= 0.3 is 5.97 Å². The number of hydrogen-bond donors (Lipinski definition) is 3. The normalized spacial score (nSPS) is 11.8. The van der Waals surface area contributed by atoms with E-state index in [1.54, 1.807) is 55.7 Å². The summed E-state index contributed by atoms with van der Waals surface area (Å²) in [5, 5.41) is 32.7. The van der Waals surface area contributed by atoms with Crippen molar-refractivity contribution in [3.8, 4) is 46.3 Å². The van der Waals surface area contributed by atoms with E-state index >= 15 is 0 Å². The van der Waals surface area contributed by atoms with Crippen LogP contribution in [-0.2, 0) is 55.7 Å². The maximum absolute atomic E-state index is 12.5. The number of nitriles is 2. The highest BCUT2D eigenvalue weighted by molar-refractivity contribution is 6.32. The molecule has 4 N–H and O–H groups in total. The van der Waals surface area contributed by atoms with Gasteiger partial charge in [0.2, 0.25) is 0 Å². The molecule has 13 nitrogen and oxygen atoms in total. The van der Waals surface area contributed by atoms with Gasteiger partial charge in [-0.15, -0.1) is 0 Å². The SMILES string of the molecule is Cc1c(COc2cc(OCc3cncc(C#N)c3)c(CN)cc2Cl)cccc1-c1cccc(COc2cc(OCc3cncc(C#N)c3)c(CN[C@@H](C(=O)O)[C@H](C)OCc3ccccc3)cc2Cl)c1C. The Balaban J connectivity index is 1.07. The van der Waals surface area contributed by atoms with E-state index < -0.39 is 18.1 Å². The van der Waals surface area contributed by atoms with Gasteiger partial charge in [-0.3, -0.25) is 20.1 Å². The molecule has 0 unspecified atom stereocenters. The van der Waals surface area contributed by atoms with Crippen LogP contribution in [-0.4, -0.2) is 33.2 Å². The second-order valence-corrected chi connectivity index (χ2v) is 17.2. The van der Waals surface area contributed by atoms with Crippen LogP contribution in [0.3, 0.4) is 0 Å². The van der Waals surface area contributed by atoms with Gasteiger partial charge in [-0.2, -0.15) is 10.5 Å². The van der Waals surface area contributed by atoms with E-state index in [2.05, 4.69) is 46.5 Å². The lowest BCUT2D eigenvalue weighted by atomic mass is 9.92. The van der Waals surface area contributed by atoms with E-state index in [4.69, 9.17) is 52.6 Å². The van der Waals surface area contributed by atoms with E-state index in [1.165, 1.54) is 12.4 Å². The average Bonchev–Trinajstić information content (AvgIpc) is 3.37. The number of halogens is 2. The largest absolute Gasteiger partial charge is 0.488 e. The van der Waals surface area contributed by atoms with E-state index in [9.17, 15) is 20.4 Å². The zero-order valence-corrected chi connectivity index (χ0v) is 40.3. The first kappa shape index (κ1) is 50.4. The standard InChI is InChI=1S/C55H50Cl2N6O7/c1-34-42(32-69-52-19-50(44(23-60)17-48(52)56)67-30-40-15-38(21-58)24-61-26-40)11-7-13-46(34)47-14-8-12-43(35(47)2)33-70-53-20-51(68-31-41-16-39(22-59)25-62-27-41)45(18-49(53)57)28-63-54(55(64)65)36(3)66-29-37-9-5-4-6-10-37/h4-20,24-27,36,54,63H,23,28-33,60H2,1-3H3,(H,64,65)/t36-,54+/m0/s1. The molecule has 0 amide bonds. The van der Waals surface area contributed by atoms with Crippen molar-refractivity contribution < 1.29 is 33.6 Å². The highest BCUT2D eigenvalue weighted by atomic mass is 35.5. The Morgan fingerprint density at radius 1 is 0.629 bits per heavy atom. The number of carboxylic acids is 1. The number of nitrogens with two attached hydrogens (primary N) is 1. The lowest BCUT2D eigenvalue weighted by Gasteiger charge is -2.23. The Labute approximate surface area is 416 Å². The van der Waals surface area contributed by atoms with Gasteiger partial charge in [0.05, 0.1) is 33.9 Å². The highest BCUT2D eigenvalue weighted by Crippen LogP contribution is 2.37. The molecule has 15 heteroatoms. The molecule has 0 saturated carbocycles. The first-order chi connectivity index (χ1) is 33.9. The number of ether oxygens (including phenoxy) is 5. The number of nitrogens with one attached hydrogen (secondary N) is 1. The molecule has 0 bridgehead atoms. The van der Waals surface area contributed by atoms with Crippen molar-refractivity contribution in [1.82, 2.24) is 15.3 Å². The van der Waals surface area contributed by atoms with Gasteiger partial charge in [-0.1, -0.05) is 89.9 Å². The van der Waals surface area contributed by atoms with Crippen LogP contribution >= 0.6 is 23.2 Å². The van der Waals surface area contributed by atoms with Crippen molar-refractivity contribution in [2.45, 2.75) is 79.0 Å². The number of aliphatic carboxylic acids is 1. The highest BCUT2D eigenvalue weighted by Gasteiger charge is 2.26. The van der Waals surface area contributed by atoms with Gasteiger partial charge in [0.15, 0.2) is 0 Å². The third-order valence-electron chi connectivity index (χ3n) is 11.6. The smallest absolute Gasteiger partial charge is 0.323 e. The van der Waals surface area contributed by atoms with Crippen LogP contribution in [0.15, 0.2) is 128 Å². The molecule has 7 rings (SSSR count). The van der Waals surface area contributed by atoms with Crippen LogP contribution in [0.2, 0.25) is 10.0 Å². The fourth-order valence-electron chi connectivity index (χ4n) is 7.66. The average molecular weight is 978 g/mol. The Morgan fingerprint density at radius 3 is 1.63 bits per heavy atom. The number of hydrogen-bond acceptors (Lipinski definition) is 12. The molecule has 2 aromatic heterocycles. The molecule has 0 radical (unpaired) electrons. The first-order valence-corrected chi connectivity index (χ1v) is 23.0. The summed E-state index contributed by atoms with van der Waals surface area (Å²) < 4.78 is 31.1. The minimum atomic E-state index is -1.07. The summed E-state index contributed by atoms with van der Waals surface area (Å²) in [7, 11) is 0. The summed E-state index contributed by atoms with van der Waals surface area (Å²) in [5.41, 5.74) is 16.4.